The smallest absolute Gasteiger partial charge is 0.257 e. The molecule has 1 fully saturated rings. The van der Waals surface area contributed by atoms with Crippen LogP contribution in [0.25, 0.3) is 11.5 Å². The monoisotopic (exact) mass is 328 g/mol. The maximum Gasteiger partial charge on any atom is 0.257 e. The molecule has 0 aliphatic carbocycles. The van der Waals surface area contributed by atoms with Crippen LogP contribution in [0.2, 0.25) is 0 Å². The van der Waals surface area contributed by atoms with E-state index in [4.69, 9.17) is 4.52 Å². The van der Waals surface area contributed by atoms with Crippen molar-refractivity contribution in [2.45, 2.75) is 26.3 Å². The Labute approximate surface area is 142 Å². The molecule has 1 aromatic heterocycles. The topological polar surface area (TPSA) is 62.5 Å². The summed E-state index contributed by atoms with van der Waals surface area (Å²) in [4.78, 5) is 20.5. The molecular formula is C18H24N4O2. The Hall–Kier alpha value is -2.21. The molecule has 0 radical (unpaired) electrons. The number of carbonyl (C=O) groups excluding carboxylic acids is 1. The van der Waals surface area contributed by atoms with Crippen LogP contribution in [0, 0.1) is 12.8 Å². The number of aryl methyl sites for hydroxylation is 1. The molecule has 128 valence electrons. The minimum atomic E-state index is 0.143. The zero-order valence-electron chi connectivity index (χ0n) is 14.5. The molecular weight excluding hydrogens is 304 g/mol. The molecule has 1 amide bonds. The highest BCUT2D eigenvalue weighted by molar-refractivity contribution is 5.78. The second-order valence-electron chi connectivity index (χ2n) is 6.67. The number of amides is 1. The first-order valence-corrected chi connectivity index (χ1v) is 8.36. The zero-order chi connectivity index (χ0) is 17.1. The second-order valence-corrected chi connectivity index (χ2v) is 6.67. The van der Waals surface area contributed by atoms with E-state index < -0.39 is 0 Å². The van der Waals surface area contributed by atoms with Crippen LogP contribution in [0.3, 0.4) is 0 Å². The predicted octanol–water partition coefficient (Wildman–Crippen LogP) is 2.35. The fourth-order valence-corrected chi connectivity index (χ4v) is 3.12. The van der Waals surface area contributed by atoms with Crippen LogP contribution in [0.15, 0.2) is 28.8 Å². The normalized spacial score (nSPS) is 16.3. The van der Waals surface area contributed by atoms with Gasteiger partial charge in [-0.15, -0.1) is 0 Å². The highest BCUT2D eigenvalue weighted by Gasteiger charge is 2.26. The molecule has 1 aliphatic heterocycles. The van der Waals surface area contributed by atoms with Crippen molar-refractivity contribution in [2.24, 2.45) is 5.92 Å². The molecule has 1 aromatic carbocycles. The van der Waals surface area contributed by atoms with Gasteiger partial charge in [0, 0.05) is 25.6 Å². The maximum atomic E-state index is 12.0. The highest BCUT2D eigenvalue weighted by atomic mass is 16.5. The molecule has 0 spiro atoms. The van der Waals surface area contributed by atoms with Crippen molar-refractivity contribution in [1.29, 1.82) is 0 Å². The highest BCUT2D eigenvalue weighted by Crippen LogP contribution is 2.22. The summed E-state index contributed by atoms with van der Waals surface area (Å²) in [5.41, 5.74) is 2.11. The summed E-state index contributed by atoms with van der Waals surface area (Å²) in [5, 5.41) is 4.10. The molecule has 0 saturated carbocycles. The van der Waals surface area contributed by atoms with E-state index in [-0.39, 0.29) is 11.8 Å². The van der Waals surface area contributed by atoms with E-state index in [0.717, 1.165) is 31.5 Å². The van der Waals surface area contributed by atoms with Crippen LogP contribution in [-0.4, -0.2) is 53.0 Å². The number of nitrogens with zero attached hydrogens (tertiary/aromatic N) is 4. The lowest BCUT2D eigenvalue weighted by atomic mass is 9.95. The van der Waals surface area contributed by atoms with Crippen LogP contribution < -0.4 is 0 Å². The molecule has 6 heteroatoms. The molecule has 2 heterocycles. The van der Waals surface area contributed by atoms with Crippen LogP contribution in [0.4, 0.5) is 0 Å². The number of piperidine rings is 1. The number of carbonyl (C=O) groups is 1. The molecule has 0 atom stereocenters. The molecule has 0 unspecified atom stereocenters. The molecule has 1 aliphatic rings. The average Bonchev–Trinajstić information content (AvgIpc) is 3.03. The van der Waals surface area contributed by atoms with E-state index in [1.165, 1.54) is 5.56 Å². The summed E-state index contributed by atoms with van der Waals surface area (Å²) in [7, 11) is 3.64. The van der Waals surface area contributed by atoms with Gasteiger partial charge in [0.15, 0.2) is 5.82 Å². The van der Waals surface area contributed by atoms with Crippen LogP contribution >= 0.6 is 0 Å². The Kier molecular flexibility index (Phi) is 4.94. The summed E-state index contributed by atoms with van der Waals surface area (Å²) in [6.07, 6.45) is 1.78. The van der Waals surface area contributed by atoms with E-state index in [0.29, 0.717) is 18.3 Å². The number of likely N-dealkylation sites (tertiary alicyclic amines) is 1. The summed E-state index contributed by atoms with van der Waals surface area (Å²) in [6, 6.07) is 8.04. The summed E-state index contributed by atoms with van der Waals surface area (Å²) in [5.74, 6) is 1.63. The van der Waals surface area contributed by atoms with E-state index in [1.54, 1.807) is 4.90 Å². The molecule has 24 heavy (non-hydrogen) atoms. The molecule has 1 saturated heterocycles. The van der Waals surface area contributed by atoms with Gasteiger partial charge in [-0.05, 0) is 45.0 Å². The van der Waals surface area contributed by atoms with E-state index >= 15 is 0 Å². The van der Waals surface area contributed by atoms with Gasteiger partial charge < -0.3 is 9.42 Å². The van der Waals surface area contributed by atoms with Crippen molar-refractivity contribution in [2.75, 3.05) is 27.2 Å². The first-order valence-electron chi connectivity index (χ1n) is 8.36. The maximum absolute atomic E-state index is 12.0. The third kappa shape index (κ3) is 3.82. The largest absolute Gasteiger partial charge is 0.349 e. The van der Waals surface area contributed by atoms with Crippen molar-refractivity contribution in [1.82, 2.24) is 19.9 Å². The lowest BCUT2D eigenvalue weighted by Crippen LogP contribution is -2.39. The van der Waals surface area contributed by atoms with Crippen molar-refractivity contribution < 1.29 is 9.32 Å². The van der Waals surface area contributed by atoms with Gasteiger partial charge in [0.05, 0.1) is 6.54 Å². The third-order valence-corrected chi connectivity index (χ3v) is 4.48. The summed E-state index contributed by atoms with van der Waals surface area (Å²) >= 11 is 0. The number of hydrogen-bond acceptors (Lipinski definition) is 5. The lowest BCUT2D eigenvalue weighted by Gasteiger charge is -2.31. The van der Waals surface area contributed by atoms with Crippen LogP contribution in [0.5, 0.6) is 0 Å². The Morgan fingerprint density at radius 1 is 1.33 bits per heavy atom. The van der Waals surface area contributed by atoms with Gasteiger partial charge in [0.25, 0.3) is 5.89 Å². The molecule has 2 aromatic rings. The minimum Gasteiger partial charge on any atom is -0.349 e. The second kappa shape index (κ2) is 7.13. The van der Waals surface area contributed by atoms with Crippen molar-refractivity contribution >= 4 is 5.91 Å². The van der Waals surface area contributed by atoms with Gasteiger partial charge in [0.1, 0.15) is 0 Å². The molecule has 0 N–H and O–H groups in total. The van der Waals surface area contributed by atoms with Gasteiger partial charge in [-0.2, -0.15) is 4.98 Å². The number of hydrogen-bond donors (Lipinski definition) is 0. The van der Waals surface area contributed by atoms with E-state index in [1.807, 2.05) is 45.3 Å². The van der Waals surface area contributed by atoms with Crippen molar-refractivity contribution in [3.63, 3.8) is 0 Å². The number of aromatic nitrogens is 2. The Bertz CT molecular complexity index is 703. The van der Waals surface area contributed by atoms with Crippen molar-refractivity contribution in [3.05, 3.63) is 35.7 Å². The molecule has 0 bridgehead atoms. The predicted molar refractivity (Wildman–Crippen MR) is 91.2 cm³/mol. The SMILES string of the molecule is Cc1cccc(-c2nc(CN3CCC(C(=O)N(C)C)CC3)no2)c1. The third-order valence-electron chi connectivity index (χ3n) is 4.48. The Morgan fingerprint density at radius 2 is 2.08 bits per heavy atom. The van der Waals surface area contributed by atoms with Crippen molar-refractivity contribution in [3.8, 4) is 11.5 Å². The quantitative estimate of drug-likeness (QED) is 0.862. The summed E-state index contributed by atoms with van der Waals surface area (Å²) < 4.78 is 5.39. The van der Waals surface area contributed by atoms with E-state index in [2.05, 4.69) is 15.0 Å². The standard InChI is InChI=1S/C18H24N4O2/c1-13-5-4-6-15(11-13)17-19-16(20-24-17)12-22-9-7-14(8-10-22)18(23)21(2)3/h4-6,11,14H,7-10,12H2,1-3H3. The van der Waals surface area contributed by atoms with Gasteiger partial charge in [-0.3, -0.25) is 9.69 Å². The van der Waals surface area contributed by atoms with Gasteiger partial charge >= 0.3 is 0 Å². The van der Waals surface area contributed by atoms with E-state index in [9.17, 15) is 4.79 Å². The Balaban J connectivity index is 1.57. The minimum absolute atomic E-state index is 0.143. The zero-order valence-corrected chi connectivity index (χ0v) is 14.5. The average molecular weight is 328 g/mol. The van der Waals surface area contributed by atoms with Gasteiger partial charge in [0.2, 0.25) is 5.91 Å². The van der Waals surface area contributed by atoms with Crippen LogP contribution in [-0.2, 0) is 11.3 Å². The van der Waals surface area contributed by atoms with Gasteiger partial charge in [-0.1, -0.05) is 22.9 Å². The Morgan fingerprint density at radius 3 is 2.75 bits per heavy atom. The fourth-order valence-electron chi connectivity index (χ4n) is 3.12. The number of rotatable bonds is 4. The lowest BCUT2D eigenvalue weighted by molar-refractivity contribution is -0.134. The molecule has 6 nitrogen and oxygen atoms in total. The first kappa shape index (κ1) is 16.6. The fraction of sp³-hybridized carbons (Fsp3) is 0.500. The number of benzene rings is 1. The molecule has 3 rings (SSSR count). The van der Waals surface area contributed by atoms with Gasteiger partial charge in [-0.25, -0.2) is 0 Å². The van der Waals surface area contributed by atoms with Crippen LogP contribution in [0.1, 0.15) is 24.2 Å². The summed E-state index contributed by atoms with van der Waals surface area (Å²) in [6.45, 7) is 4.48. The first-order chi connectivity index (χ1) is 11.5.